The fourth-order valence-corrected chi connectivity index (χ4v) is 1.02. The predicted molar refractivity (Wildman–Crippen MR) is 54.1 cm³/mol. The molecule has 0 saturated carbocycles. The highest BCUT2D eigenvalue weighted by Crippen LogP contribution is 2.01. The van der Waals surface area contributed by atoms with Gasteiger partial charge in [-0.25, -0.2) is 11.0 Å². The number of nitrogens with two attached hydrogens (primary N) is 1. The first-order valence-electron chi connectivity index (χ1n) is 4.57. The second kappa shape index (κ2) is 6.94. The Morgan fingerprint density at radius 1 is 1.33 bits per heavy atom. The molecule has 1 aromatic rings. The Morgan fingerprint density at radius 2 is 2.07 bits per heavy atom. The van der Waals surface area contributed by atoms with Crippen LogP contribution in [0, 0.1) is 0 Å². The van der Waals surface area contributed by atoms with Crippen LogP contribution in [0.15, 0.2) is 30.3 Å². The first kappa shape index (κ1) is 11.6. The summed E-state index contributed by atoms with van der Waals surface area (Å²) in [7, 11) is 0. The Morgan fingerprint density at radius 3 is 2.67 bits per heavy atom. The van der Waals surface area contributed by atoms with Crippen molar-refractivity contribution >= 4 is 6.41 Å². The monoisotopic (exact) mass is 210 g/mol. The van der Waals surface area contributed by atoms with E-state index in [1.54, 1.807) is 0 Å². The molecule has 1 rings (SSSR count). The van der Waals surface area contributed by atoms with Gasteiger partial charge in [-0.05, 0) is 5.56 Å². The molecule has 1 amide bonds. The second-order valence-electron chi connectivity index (χ2n) is 2.88. The van der Waals surface area contributed by atoms with Gasteiger partial charge in [0, 0.05) is 0 Å². The van der Waals surface area contributed by atoms with E-state index < -0.39 is 0 Å². The molecule has 0 aliphatic heterocycles. The van der Waals surface area contributed by atoms with Crippen molar-refractivity contribution in [2.45, 2.75) is 6.61 Å². The molecule has 0 bridgehead atoms. The number of benzene rings is 1. The molecule has 0 aromatic heterocycles. The largest absolute Gasteiger partial charge is 0.303 e. The lowest BCUT2D eigenvalue weighted by atomic mass is 10.2. The zero-order valence-corrected chi connectivity index (χ0v) is 8.33. The van der Waals surface area contributed by atoms with Crippen LogP contribution in [0.3, 0.4) is 0 Å². The van der Waals surface area contributed by atoms with Crippen LogP contribution in [-0.4, -0.2) is 24.6 Å². The Labute approximate surface area is 88.3 Å². The molecule has 0 aliphatic carbocycles. The van der Waals surface area contributed by atoms with Gasteiger partial charge in [0.05, 0.1) is 13.2 Å². The number of rotatable bonds is 7. The van der Waals surface area contributed by atoms with Crippen LogP contribution in [0.5, 0.6) is 0 Å². The number of amides is 1. The van der Waals surface area contributed by atoms with Crippen LogP contribution in [0.2, 0.25) is 0 Å². The summed E-state index contributed by atoms with van der Waals surface area (Å²) in [4.78, 5) is 20.1. The van der Waals surface area contributed by atoms with Crippen molar-refractivity contribution < 1.29 is 14.5 Å². The van der Waals surface area contributed by atoms with E-state index >= 15 is 0 Å². The molecule has 0 spiro atoms. The number of carbonyl (C=O) groups is 1. The van der Waals surface area contributed by atoms with Crippen LogP contribution in [0.25, 0.3) is 0 Å². The van der Waals surface area contributed by atoms with E-state index in [1.807, 2.05) is 30.3 Å². The number of hydrogen-bond acceptors (Lipinski definition) is 4. The number of hydroxylamine groups is 2. The third-order valence-electron chi connectivity index (χ3n) is 1.79. The summed E-state index contributed by atoms with van der Waals surface area (Å²) >= 11 is 0. The Kier molecular flexibility index (Phi) is 5.39. The standard InChI is InChI=1S/C10H14N2O3/c11-14-7-6-12(9-13)15-8-10-4-2-1-3-5-10/h1-5,9H,6-8,11H2. The van der Waals surface area contributed by atoms with Crippen LogP contribution >= 0.6 is 0 Å². The molecule has 1 aromatic carbocycles. The first-order valence-corrected chi connectivity index (χ1v) is 4.57. The van der Waals surface area contributed by atoms with Crippen molar-refractivity contribution in [3.8, 4) is 0 Å². The highest BCUT2D eigenvalue weighted by atomic mass is 16.7. The van der Waals surface area contributed by atoms with Crippen molar-refractivity contribution in [2.24, 2.45) is 5.90 Å². The molecule has 0 atom stereocenters. The normalized spacial score (nSPS) is 9.93. The van der Waals surface area contributed by atoms with Crippen LogP contribution in [-0.2, 0) is 21.1 Å². The fraction of sp³-hybridized carbons (Fsp3) is 0.300. The topological polar surface area (TPSA) is 64.8 Å². The smallest absolute Gasteiger partial charge is 0.233 e. The third-order valence-corrected chi connectivity index (χ3v) is 1.79. The Hall–Kier alpha value is -1.43. The van der Waals surface area contributed by atoms with E-state index in [2.05, 4.69) is 4.84 Å². The van der Waals surface area contributed by atoms with E-state index in [0.717, 1.165) is 10.6 Å². The van der Waals surface area contributed by atoms with Crippen molar-refractivity contribution in [3.05, 3.63) is 35.9 Å². The highest BCUT2D eigenvalue weighted by molar-refractivity contribution is 5.44. The summed E-state index contributed by atoms with van der Waals surface area (Å²) < 4.78 is 0. The lowest BCUT2D eigenvalue weighted by Crippen LogP contribution is -2.27. The van der Waals surface area contributed by atoms with Gasteiger partial charge in [-0.3, -0.25) is 9.63 Å². The van der Waals surface area contributed by atoms with E-state index in [4.69, 9.17) is 10.7 Å². The van der Waals surface area contributed by atoms with E-state index in [-0.39, 0.29) is 6.61 Å². The molecule has 0 unspecified atom stereocenters. The molecule has 0 aliphatic rings. The maximum absolute atomic E-state index is 10.5. The zero-order valence-electron chi connectivity index (χ0n) is 8.33. The van der Waals surface area contributed by atoms with E-state index in [1.165, 1.54) is 0 Å². The van der Waals surface area contributed by atoms with Gasteiger partial charge in [-0.15, -0.1) is 0 Å². The van der Waals surface area contributed by atoms with E-state index in [0.29, 0.717) is 19.6 Å². The molecule has 2 N–H and O–H groups in total. The lowest BCUT2D eigenvalue weighted by molar-refractivity contribution is -0.181. The minimum atomic E-state index is 0.244. The zero-order chi connectivity index (χ0) is 10.9. The number of nitrogens with zero attached hydrogens (tertiary/aromatic N) is 1. The minimum absolute atomic E-state index is 0.244. The molecule has 0 saturated heterocycles. The summed E-state index contributed by atoms with van der Waals surface area (Å²) in [6.07, 6.45) is 0.599. The van der Waals surface area contributed by atoms with Gasteiger partial charge in [0.1, 0.15) is 6.61 Å². The van der Waals surface area contributed by atoms with Gasteiger partial charge in [-0.2, -0.15) is 0 Å². The first-order chi connectivity index (χ1) is 7.36. The van der Waals surface area contributed by atoms with Gasteiger partial charge >= 0.3 is 0 Å². The van der Waals surface area contributed by atoms with Gasteiger partial charge in [-0.1, -0.05) is 30.3 Å². The van der Waals surface area contributed by atoms with Crippen LogP contribution < -0.4 is 5.90 Å². The third kappa shape index (κ3) is 4.55. The molecule has 0 fully saturated rings. The summed E-state index contributed by atoms with van der Waals surface area (Å²) in [5.74, 6) is 4.84. The maximum atomic E-state index is 10.5. The molecule has 82 valence electrons. The van der Waals surface area contributed by atoms with Gasteiger partial charge in [0.15, 0.2) is 0 Å². The van der Waals surface area contributed by atoms with Gasteiger partial charge < -0.3 is 4.84 Å². The lowest BCUT2D eigenvalue weighted by Gasteiger charge is -2.15. The SMILES string of the molecule is NOCCN(C=O)OCc1ccccc1. The van der Waals surface area contributed by atoms with Gasteiger partial charge in [0.2, 0.25) is 6.41 Å². The number of hydrogen-bond donors (Lipinski definition) is 1. The summed E-state index contributed by atoms with van der Waals surface area (Å²) in [5.41, 5.74) is 0.998. The fourth-order valence-electron chi connectivity index (χ4n) is 1.02. The summed E-state index contributed by atoms with van der Waals surface area (Å²) in [5, 5.41) is 1.15. The average molecular weight is 210 g/mol. The molecule has 5 heteroatoms. The molecular formula is C10H14N2O3. The number of carbonyl (C=O) groups excluding carboxylic acids is 1. The van der Waals surface area contributed by atoms with Crippen molar-refractivity contribution in [1.29, 1.82) is 0 Å². The quantitative estimate of drug-likeness (QED) is 0.524. The van der Waals surface area contributed by atoms with Gasteiger partial charge in [0.25, 0.3) is 0 Å². The maximum Gasteiger partial charge on any atom is 0.233 e. The molecule has 0 radical (unpaired) electrons. The second-order valence-corrected chi connectivity index (χ2v) is 2.88. The molecule has 0 heterocycles. The van der Waals surface area contributed by atoms with Crippen molar-refractivity contribution in [3.63, 3.8) is 0 Å². The van der Waals surface area contributed by atoms with Crippen molar-refractivity contribution in [1.82, 2.24) is 5.06 Å². The molecular weight excluding hydrogens is 196 g/mol. The highest BCUT2D eigenvalue weighted by Gasteiger charge is 2.01. The van der Waals surface area contributed by atoms with Crippen LogP contribution in [0.1, 0.15) is 5.56 Å². The summed E-state index contributed by atoms with van der Waals surface area (Å²) in [6, 6.07) is 9.58. The molecule has 5 nitrogen and oxygen atoms in total. The Balaban J connectivity index is 2.31. The van der Waals surface area contributed by atoms with Crippen molar-refractivity contribution in [2.75, 3.05) is 13.2 Å². The predicted octanol–water partition coefficient (Wildman–Crippen LogP) is 0.467. The average Bonchev–Trinajstić information content (AvgIpc) is 2.31. The van der Waals surface area contributed by atoms with Crippen LogP contribution in [0.4, 0.5) is 0 Å². The summed E-state index contributed by atoms with van der Waals surface area (Å²) in [6.45, 7) is 0.907. The Bertz CT molecular complexity index is 279. The van der Waals surface area contributed by atoms with E-state index in [9.17, 15) is 4.79 Å². The molecule has 15 heavy (non-hydrogen) atoms. The minimum Gasteiger partial charge on any atom is -0.303 e.